The number of hydrogen-bond acceptors (Lipinski definition) is 4. The Bertz CT molecular complexity index is 3100. The normalized spacial score (nSPS) is 13.3. The first-order valence-electron chi connectivity index (χ1n) is 17.8. The molecule has 0 saturated carbocycles. The van der Waals surface area contributed by atoms with Crippen LogP contribution in [0.3, 0.4) is 0 Å². The first-order valence-corrected chi connectivity index (χ1v) is 17.8. The molecule has 0 amide bonds. The van der Waals surface area contributed by atoms with Crippen LogP contribution in [0.15, 0.2) is 156 Å². The highest BCUT2D eigenvalue weighted by atomic mass is 16.3. The minimum absolute atomic E-state index is 0.128. The van der Waals surface area contributed by atoms with Crippen LogP contribution in [-0.4, -0.2) is 15.0 Å². The fourth-order valence-corrected chi connectivity index (χ4v) is 8.50. The standard InChI is InChI=1S/C48H31N3O/c1-48(2)41-18-10-8-16-34(41)35-23-21-30(25-42(35)48)47-50-45(28-12-4-3-5-13-28)49-46(51-47)29-20-22-33-37(24-29)31-14-6-7-15-32(31)39-27-44-40(26-38(33)39)36-17-9-11-19-43(36)52-44/h3-27H,1-2H3. The predicted molar refractivity (Wildman–Crippen MR) is 213 cm³/mol. The molecule has 4 nitrogen and oxygen atoms in total. The summed E-state index contributed by atoms with van der Waals surface area (Å²) in [5, 5.41) is 9.34. The van der Waals surface area contributed by atoms with E-state index in [1.807, 2.05) is 30.3 Å². The van der Waals surface area contributed by atoms with Gasteiger partial charge in [0.05, 0.1) is 0 Å². The van der Waals surface area contributed by atoms with Gasteiger partial charge in [0, 0.05) is 32.9 Å². The Morgan fingerprint density at radius 2 is 0.923 bits per heavy atom. The topological polar surface area (TPSA) is 51.8 Å². The van der Waals surface area contributed by atoms with Crippen molar-refractivity contribution in [2.24, 2.45) is 0 Å². The van der Waals surface area contributed by atoms with E-state index in [4.69, 9.17) is 19.4 Å². The van der Waals surface area contributed by atoms with Gasteiger partial charge in [0.15, 0.2) is 17.5 Å². The minimum atomic E-state index is -0.128. The number of benzene rings is 8. The Morgan fingerprint density at radius 1 is 0.365 bits per heavy atom. The largest absolute Gasteiger partial charge is 0.456 e. The number of rotatable bonds is 3. The minimum Gasteiger partial charge on any atom is -0.456 e. The summed E-state index contributed by atoms with van der Waals surface area (Å²) in [6.07, 6.45) is 0. The molecule has 52 heavy (non-hydrogen) atoms. The van der Waals surface area contributed by atoms with Gasteiger partial charge in [-0.15, -0.1) is 0 Å². The second kappa shape index (κ2) is 10.7. The van der Waals surface area contributed by atoms with Crippen LogP contribution in [0.4, 0.5) is 0 Å². The summed E-state index contributed by atoms with van der Waals surface area (Å²) in [6, 6.07) is 53.7. The van der Waals surface area contributed by atoms with E-state index in [1.54, 1.807) is 0 Å². The van der Waals surface area contributed by atoms with Crippen molar-refractivity contribution in [1.82, 2.24) is 15.0 Å². The molecule has 0 spiro atoms. The van der Waals surface area contributed by atoms with Gasteiger partial charge in [0.25, 0.3) is 0 Å². The lowest BCUT2D eigenvalue weighted by Crippen LogP contribution is -2.15. The van der Waals surface area contributed by atoms with Gasteiger partial charge < -0.3 is 4.42 Å². The number of hydrogen-bond donors (Lipinski definition) is 0. The molecule has 1 aliphatic carbocycles. The lowest BCUT2D eigenvalue weighted by molar-refractivity contribution is 0.660. The van der Waals surface area contributed by atoms with E-state index < -0.39 is 0 Å². The van der Waals surface area contributed by atoms with Crippen LogP contribution in [-0.2, 0) is 5.41 Å². The maximum Gasteiger partial charge on any atom is 0.164 e. The van der Waals surface area contributed by atoms with Gasteiger partial charge >= 0.3 is 0 Å². The van der Waals surface area contributed by atoms with E-state index in [9.17, 15) is 0 Å². The lowest BCUT2D eigenvalue weighted by atomic mass is 9.82. The molecule has 4 heteroatoms. The Balaban J connectivity index is 1.14. The molecule has 244 valence electrons. The van der Waals surface area contributed by atoms with Crippen molar-refractivity contribution in [2.75, 3.05) is 0 Å². The maximum atomic E-state index is 6.32. The van der Waals surface area contributed by atoms with Crippen molar-refractivity contribution in [1.29, 1.82) is 0 Å². The van der Waals surface area contributed by atoms with E-state index in [2.05, 4.69) is 135 Å². The van der Waals surface area contributed by atoms with Gasteiger partial charge in [-0.05, 0) is 84.9 Å². The monoisotopic (exact) mass is 665 g/mol. The van der Waals surface area contributed by atoms with Crippen LogP contribution < -0.4 is 0 Å². The van der Waals surface area contributed by atoms with E-state index in [0.717, 1.165) is 44.0 Å². The van der Waals surface area contributed by atoms with Crippen LogP contribution >= 0.6 is 0 Å². The molecule has 0 radical (unpaired) electrons. The Kier molecular flexibility index (Phi) is 5.98. The molecule has 10 aromatic rings. The van der Waals surface area contributed by atoms with Crippen LogP contribution in [0.2, 0.25) is 0 Å². The average molecular weight is 666 g/mol. The van der Waals surface area contributed by atoms with Gasteiger partial charge in [-0.3, -0.25) is 0 Å². The third kappa shape index (κ3) is 4.18. The van der Waals surface area contributed by atoms with Gasteiger partial charge in [-0.25, -0.2) is 15.0 Å². The van der Waals surface area contributed by atoms with Crippen LogP contribution in [0, 0.1) is 0 Å². The van der Waals surface area contributed by atoms with Gasteiger partial charge in [-0.2, -0.15) is 0 Å². The van der Waals surface area contributed by atoms with Gasteiger partial charge in [0.2, 0.25) is 0 Å². The Morgan fingerprint density at radius 3 is 1.71 bits per heavy atom. The van der Waals surface area contributed by atoms with E-state index in [0.29, 0.717) is 17.5 Å². The van der Waals surface area contributed by atoms with Gasteiger partial charge in [0.1, 0.15) is 11.2 Å². The molecule has 8 aromatic carbocycles. The summed E-state index contributed by atoms with van der Waals surface area (Å²) in [5.74, 6) is 1.96. The summed E-state index contributed by atoms with van der Waals surface area (Å²) >= 11 is 0. The highest BCUT2D eigenvalue weighted by Gasteiger charge is 2.35. The van der Waals surface area contributed by atoms with Crippen molar-refractivity contribution in [3.05, 3.63) is 163 Å². The molecular weight excluding hydrogens is 635 g/mol. The van der Waals surface area contributed by atoms with Crippen LogP contribution in [0.25, 0.3) is 99.5 Å². The second-order valence-corrected chi connectivity index (χ2v) is 14.4. The highest BCUT2D eigenvalue weighted by Crippen LogP contribution is 2.49. The Hall–Kier alpha value is -6.65. The summed E-state index contributed by atoms with van der Waals surface area (Å²) in [5.41, 5.74) is 9.77. The molecule has 11 rings (SSSR count). The van der Waals surface area contributed by atoms with E-state index >= 15 is 0 Å². The van der Waals surface area contributed by atoms with Crippen LogP contribution in [0.5, 0.6) is 0 Å². The zero-order valence-corrected chi connectivity index (χ0v) is 28.7. The molecule has 0 unspecified atom stereocenters. The molecule has 0 atom stereocenters. The second-order valence-electron chi connectivity index (χ2n) is 14.4. The molecule has 0 bridgehead atoms. The number of aromatic nitrogens is 3. The van der Waals surface area contributed by atoms with Crippen LogP contribution in [0.1, 0.15) is 25.0 Å². The molecule has 0 saturated heterocycles. The molecular formula is C48H31N3O. The fourth-order valence-electron chi connectivity index (χ4n) is 8.50. The summed E-state index contributed by atoms with van der Waals surface area (Å²) in [4.78, 5) is 15.4. The third-order valence-electron chi connectivity index (χ3n) is 11.1. The first-order chi connectivity index (χ1) is 25.5. The van der Waals surface area contributed by atoms with Crippen molar-refractivity contribution in [3.63, 3.8) is 0 Å². The van der Waals surface area contributed by atoms with Crippen molar-refractivity contribution in [2.45, 2.75) is 19.3 Å². The van der Waals surface area contributed by atoms with Crippen molar-refractivity contribution < 1.29 is 4.42 Å². The van der Waals surface area contributed by atoms with E-state index in [-0.39, 0.29) is 5.41 Å². The molecule has 0 fully saturated rings. The zero-order chi connectivity index (χ0) is 34.6. The number of furan rings is 1. The molecule has 1 aliphatic rings. The van der Waals surface area contributed by atoms with E-state index in [1.165, 1.54) is 49.2 Å². The quantitative estimate of drug-likeness (QED) is 0.176. The lowest BCUT2D eigenvalue weighted by Gasteiger charge is -2.21. The van der Waals surface area contributed by atoms with Gasteiger partial charge in [-0.1, -0.05) is 135 Å². The predicted octanol–water partition coefficient (Wildman–Crippen LogP) is 12.5. The highest BCUT2D eigenvalue weighted by molar-refractivity contribution is 6.28. The number of para-hydroxylation sites is 1. The summed E-state index contributed by atoms with van der Waals surface area (Å²) < 4.78 is 6.32. The maximum absolute atomic E-state index is 6.32. The molecule has 0 aliphatic heterocycles. The number of fused-ring (bicyclic) bond motifs is 12. The summed E-state index contributed by atoms with van der Waals surface area (Å²) in [7, 11) is 0. The smallest absolute Gasteiger partial charge is 0.164 e. The molecule has 2 aromatic heterocycles. The fraction of sp³-hybridized carbons (Fsp3) is 0.0625. The molecule has 2 heterocycles. The first kappa shape index (κ1) is 29.1. The SMILES string of the molecule is CC1(C)c2ccccc2-c2ccc(-c3nc(-c4ccccc4)nc(-c4ccc5c(c4)c4ccccc4c4cc6oc7ccccc7c6cc54)n3)cc21. The zero-order valence-electron chi connectivity index (χ0n) is 28.7. The molecule has 0 N–H and O–H groups in total. The number of nitrogens with zero attached hydrogens (tertiary/aromatic N) is 3. The Labute approximate surface area is 300 Å². The summed E-state index contributed by atoms with van der Waals surface area (Å²) in [6.45, 7) is 4.61. The third-order valence-corrected chi connectivity index (χ3v) is 11.1. The average Bonchev–Trinajstić information content (AvgIpc) is 3.68. The van der Waals surface area contributed by atoms with Crippen molar-refractivity contribution in [3.8, 4) is 45.3 Å². The van der Waals surface area contributed by atoms with Crippen molar-refractivity contribution >= 4 is 54.3 Å².